The van der Waals surface area contributed by atoms with Crippen LogP contribution in [0.3, 0.4) is 0 Å². The van der Waals surface area contributed by atoms with Gasteiger partial charge in [-0.05, 0) is 18.2 Å². The molecule has 1 fully saturated rings. The lowest BCUT2D eigenvalue weighted by Gasteiger charge is -2.32. The molecule has 4 heterocycles. The molecule has 1 aromatic carbocycles. The molecule has 0 unspecified atom stereocenters. The van der Waals surface area contributed by atoms with Gasteiger partial charge in [0.25, 0.3) is 11.5 Å². The van der Waals surface area contributed by atoms with Crippen LogP contribution in [0.15, 0.2) is 28.2 Å². The Morgan fingerprint density at radius 3 is 2.72 bits per heavy atom. The van der Waals surface area contributed by atoms with Gasteiger partial charge in [0, 0.05) is 43.6 Å². The van der Waals surface area contributed by atoms with Crippen LogP contribution >= 0.6 is 11.8 Å². The Morgan fingerprint density at radius 1 is 1.21 bits per heavy atom. The minimum absolute atomic E-state index is 0.0269. The molecule has 29 heavy (non-hydrogen) atoms. The van der Waals surface area contributed by atoms with Crippen molar-refractivity contribution in [2.24, 2.45) is 0 Å². The van der Waals surface area contributed by atoms with Gasteiger partial charge in [-0.1, -0.05) is 11.8 Å². The Morgan fingerprint density at radius 2 is 1.97 bits per heavy atom. The number of nitrogens with zero attached hydrogens (tertiary/aromatic N) is 4. The number of carbonyl (C=O) groups is 1. The number of rotatable bonds is 2. The molecule has 2 aliphatic heterocycles. The molecular formula is C19H17F3N4O2S. The molecule has 0 bridgehead atoms. The van der Waals surface area contributed by atoms with Crippen LogP contribution in [0.2, 0.25) is 0 Å². The van der Waals surface area contributed by atoms with E-state index in [1.165, 1.54) is 34.9 Å². The average Bonchev–Trinajstić information content (AvgIpc) is 3.26. The number of alkyl halides is 2. The zero-order chi connectivity index (χ0) is 20.3. The predicted molar refractivity (Wildman–Crippen MR) is 103 cm³/mol. The Balaban J connectivity index is 1.62. The number of fused-ring (bicyclic) bond motifs is 4. The molecule has 0 aliphatic carbocycles. The van der Waals surface area contributed by atoms with E-state index >= 15 is 0 Å². The van der Waals surface area contributed by atoms with Crippen LogP contribution in [0.4, 0.5) is 13.2 Å². The molecule has 0 saturated carbocycles. The summed E-state index contributed by atoms with van der Waals surface area (Å²) >= 11 is 1.46. The summed E-state index contributed by atoms with van der Waals surface area (Å²) < 4.78 is 43.8. The Bertz CT molecular complexity index is 1210. The number of amides is 1. The molecule has 0 radical (unpaired) electrons. The average molecular weight is 422 g/mol. The molecule has 2 aromatic heterocycles. The van der Waals surface area contributed by atoms with Gasteiger partial charge in [-0.25, -0.2) is 18.2 Å². The molecule has 1 saturated heterocycles. The summed E-state index contributed by atoms with van der Waals surface area (Å²) in [4.78, 5) is 31.9. The van der Waals surface area contributed by atoms with Crippen LogP contribution in [0, 0.1) is 5.82 Å². The first-order valence-corrected chi connectivity index (χ1v) is 10.3. The number of benzene rings is 1. The lowest BCUT2D eigenvalue weighted by molar-refractivity contribution is -0.137. The normalized spacial score (nSPS) is 18.5. The van der Waals surface area contributed by atoms with E-state index in [2.05, 4.69) is 4.98 Å². The highest BCUT2D eigenvalue weighted by Gasteiger charge is 2.36. The maximum absolute atomic E-state index is 13.9. The molecule has 10 heteroatoms. The molecular weight excluding hydrogens is 405 g/mol. The number of thioether (sulfide) groups is 1. The van der Waals surface area contributed by atoms with Crippen molar-refractivity contribution in [1.82, 2.24) is 19.0 Å². The number of likely N-dealkylation sites (tertiary alicyclic amines) is 1. The highest BCUT2D eigenvalue weighted by Crippen LogP contribution is 2.31. The first kappa shape index (κ1) is 18.5. The summed E-state index contributed by atoms with van der Waals surface area (Å²) in [6, 6.07) is 4.10. The van der Waals surface area contributed by atoms with Crippen molar-refractivity contribution in [1.29, 1.82) is 0 Å². The summed E-state index contributed by atoms with van der Waals surface area (Å²) in [6.07, 6.45) is -0.738. The van der Waals surface area contributed by atoms with Crippen molar-refractivity contribution in [3.05, 3.63) is 34.4 Å². The van der Waals surface area contributed by atoms with Crippen LogP contribution < -0.4 is 5.56 Å². The van der Waals surface area contributed by atoms with Crippen LogP contribution in [0.25, 0.3) is 21.9 Å². The van der Waals surface area contributed by atoms with Gasteiger partial charge in [0.15, 0.2) is 5.16 Å². The highest BCUT2D eigenvalue weighted by molar-refractivity contribution is 7.99. The van der Waals surface area contributed by atoms with E-state index in [1.807, 2.05) is 0 Å². The summed E-state index contributed by atoms with van der Waals surface area (Å²) in [6.45, 7) is 0.287. The summed E-state index contributed by atoms with van der Waals surface area (Å²) in [5.41, 5.74) is 0.858. The second-order valence-corrected chi connectivity index (χ2v) is 8.44. The Hall–Kier alpha value is -2.49. The molecule has 3 aromatic rings. The summed E-state index contributed by atoms with van der Waals surface area (Å²) in [5, 5.41) is 1.04. The molecule has 1 amide bonds. The van der Waals surface area contributed by atoms with Gasteiger partial charge in [0.1, 0.15) is 23.4 Å². The van der Waals surface area contributed by atoms with Gasteiger partial charge in [-0.15, -0.1) is 0 Å². The molecule has 5 rings (SSSR count). The van der Waals surface area contributed by atoms with Gasteiger partial charge in [-0.3, -0.25) is 14.2 Å². The molecule has 6 nitrogen and oxygen atoms in total. The molecule has 0 N–H and O–H groups in total. The van der Waals surface area contributed by atoms with Gasteiger partial charge in [0.2, 0.25) is 5.91 Å². The fourth-order valence-electron chi connectivity index (χ4n) is 4.03. The van der Waals surface area contributed by atoms with Crippen LogP contribution in [-0.4, -0.2) is 49.7 Å². The quantitative estimate of drug-likeness (QED) is 0.596. The second-order valence-electron chi connectivity index (χ2n) is 7.38. The fraction of sp³-hybridized carbons (Fsp3) is 0.421. The predicted octanol–water partition coefficient (Wildman–Crippen LogP) is 2.85. The first-order chi connectivity index (χ1) is 13.8. The van der Waals surface area contributed by atoms with E-state index in [-0.39, 0.29) is 49.5 Å². The van der Waals surface area contributed by atoms with Crippen molar-refractivity contribution < 1.29 is 18.0 Å². The highest BCUT2D eigenvalue weighted by atomic mass is 32.2. The first-order valence-electron chi connectivity index (χ1n) is 9.35. The fourth-order valence-corrected chi connectivity index (χ4v) is 4.97. The third kappa shape index (κ3) is 3.00. The SMILES string of the molecule is O=C(Cn1c2ccc(F)cc2c2nc3n(c(=O)c21)CCS3)N1CCC(F)(F)CC1. The smallest absolute Gasteiger partial charge is 0.278 e. The molecule has 2 aliphatic rings. The van der Waals surface area contributed by atoms with Crippen molar-refractivity contribution in [3.63, 3.8) is 0 Å². The van der Waals surface area contributed by atoms with E-state index in [4.69, 9.17) is 0 Å². The molecule has 0 spiro atoms. The number of halogens is 3. The van der Waals surface area contributed by atoms with Crippen molar-refractivity contribution in [2.45, 2.75) is 37.0 Å². The third-order valence-corrected chi connectivity index (χ3v) is 6.53. The van der Waals surface area contributed by atoms with E-state index in [0.717, 1.165) is 5.75 Å². The lowest BCUT2D eigenvalue weighted by Crippen LogP contribution is -2.44. The van der Waals surface area contributed by atoms with Crippen molar-refractivity contribution >= 4 is 39.6 Å². The maximum Gasteiger partial charge on any atom is 0.278 e. The standard InChI is InChI=1S/C19H17F3N4O2S/c20-11-1-2-13-12(9-11)15-16(17(28)25-7-8-29-18(25)23-15)26(13)10-14(27)24-5-3-19(21,22)4-6-24/h1-2,9H,3-8,10H2. The lowest BCUT2D eigenvalue weighted by atomic mass is 10.1. The minimum atomic E-state index is -2.75. The zero-order valence-corrected chi connectivity index (χ0v) is 16.1. The van der Waals surface area contributed by atoms with Gasteiger partial charge < -0.3 is 9.47 Å². The number of carbonyl (C=O) groups excluding carboxylic acids is 1. The van der Waals surface area contributed by atoms with E-state index in [9.17, 15) is 22.8 Å². The number of hydrogen-bond donors (Lipinski definition) is 0. The summed E-state index contributed by atoms with van der Waals surface area (Å²) in [7, 11) is 0. The van der Waals surface area contributed by atoms with Gasteiger partial charge in [0.05, 0.1) is 5.52 Å². The third-order valence-electron chi connectivity index (χ3n) is 5.57. The molecule has 0 atom stereocenters. The van der Waals surface area contributed by atoms with E-state index in [1.54, 1.807) is 9.13 Å². The van der Waals surface area contributed by atoms with Crippen LogP contribution in [0.5, 0.6) is 0 Å². The number of hydrogen-bond acceptors (Lipinski definition) is 4. The second kappa shape index (κ2) is 6.51. The van der Waals surface area contributed by atoms with Crippen LogP contribution in [-0.2, 0) is 17.9 Å². The topological polar surface area (TPSA) is 60.1 Å². The molecule has 152 valence electrons. The minimum Gasteiger partial charge on any atom is -0.341 e. The van der Waals surface area contributed by atoms with E-state index < -0.39 is 11.7 Å². The Labute approximate surface area is 167 Å². The van der Waals surface area contributed by atoms with Crippen molar-refractivity contribution in [3.8, 4) is 0 Å². The maximum atomic E-state index is 13.9. The van der Waals surface area contributed by atoms with Gasteiger partial charge in [-0.2, -0.15) is 0 Å². The Kier molecular flexibility index (Phi) is 4.16. The zero-order valence-electron chi connectivity index (χ0n) is 15.3. The van der Waals surface area contributed by atoms with Gasteiger partial charge >= 0.3 is 0 Å². The number of aromatic nitrogens is 3. The van der Waals surface area contributed by atoms with E-state index in [0.29, 0.717) is 28.1 Å². The summed E-state index contributed by atoms with van der Waals surface area (Å²) in [5.74, 6) is -2.83. The number of piperidine rings is 1. The largest absolute Gasteiger partial charge is 0.341 e. The monoisotopic (exact) mass is 422 g/mol. The van der Waals surface area contributed by atoms with Crippen molar-refractivity contribution in [2.75, 3.05) is 18.8 Å². The van der Waals surface area contributed by atoms with Crippen LogP contribution in [0.1, 0.15) is 12.8 Å².